The SMILES string of the molecule is F.F.NCCc1c[nH]cn1. The molecule has 0 amide bonds. The number of nitrogens with two attached hydrogens (primary N) is 1. The molecule has 0 unspecified atom stereocenters. The van der Waals surface area contributed by atoms with Crippen LogP contribution in [0.25, 0.3) is 0 Å². The molecule has 1 heterocycles. The van der Waals surface area contributed by atoms with Crippen molar-refractivity contribution in [3.8, 4) is 0 Å². The average Bonchev–Trinajstić information content (AvgIpc) is 2.19. The topological polar surface area (TPSA) is 54.7 Å². The van der Waals surface area contributed by atoms with Gasteiger partial charge in [-0.2, -0.15) is 0 Å². The fraction of sp³-hybridized carbons (Fsp3) is 0.400. The highest BCUT2D eigenvalue weighted by molar-refractivity contribution is 4.93. The summed E-state index contributed by atoms with van der Waals surface area (Å²) in [5, 5.41) is 0. The minimum Gasteiger partial charge on any atom is -0.351 e. The summed E-state index contributed by atoms with van der Waals surface area (Å²) in [6.07, 6.45) is 4.38. The Morgan fingerprint density at radius 1 is 1.50 bits per heavy atom. The molecule has 10 heavy (non-hydrogen) atoms. The van der Waals surface area contributed by atoms with E-state index in [0.29, 0.717) is 6.54 Å². The number of hydrogen-bond acceptors (Lipinski definition) is 2. The molecule has 0 aliphatic carbocycles. The minimum absolute atomic E-state index is 0. The van der Waals surface area contributed by atoms with Crippen LogP contribution in [0.1, 0.15) is 5.69 Å². The maximum absolute atomic E-state index is 5.27. The molecule has 1 rings (SSSR count). The highest BCUT2D eigenvalue weighted by Gasteiger charge is 1.87. The van der Waals surface area contributed by atoms with Gasteiger partial charge in [0.05, 0.1) is 12.0 Å². The second kappa shape index (κ2) is 6.15. The zero-order chi connectivity index (χ0) is 5.82. The van der Waals surface area contributed by atoms with Crippen molar-refractivity contribution >= 4 is 0 Å². The molecular formula is C5H11F2N3. The van der Waals surface area contributed by atoms with E-state index in [4.69, 9.17) is 5.73 Å². The third-order valence-corrected chi connectivity index (χ3v) is 0.955. The van der Waals surface area contributed by atoms with Crippen LogP contribution < -0.4 is 5.73 Å². The predicted molar refractivity (Wildman–Crippen MR) is 36.4 cm³/mol. The fourth-order valence-corrected chi connectivity index (χ4v) is 0.576. The van der Waals surface area contributed by atoms with Gasteiger partial charge in [0, 0.05) is 12.6 Å². The van der Waals surface area contributed by atoms with Crippen LogP contribution in [-0.4, -0.2) is 16.5 Å². The van der Waals surface area contributed by atoms with Crippen LogP contribution in [0.2, 0.25) is 0 Å². The van der Waals surface area contributed by atoms with E-state index in [9.17, 15) is 0 Å². The molecule has 3 nitrogen and oxygen atoms in total. The first-order valence-corrected chi connectivity index (χ1v) is 2.61. The van der Waals surface area contributed by atoms with E-state index >= 15 is 0 Å². The van der Waals surface area contributed by atoms with Gasteiger partial charge in [0.2, 0.25) is 0 Å². The number of halogens is 2. The molecule has 0 bridgehead atoms. The second-order valence-corrected chi connectivity index (χ2v) is 1.60. The maximum Gasteiger partial charge on any atom is 0.0923 e. The molecule has 1 aromatic heterocycles. The zero-order valence-electron chi connectivity index (χ0n) is 5.41. The molecule has 0 saturated heterocycles. The lowest BCUT2D eigenvalue weighted by molar-refractivity contribution is 0.935. The van der Waals surface area contributed by atoms with Crippen LogP contribution in [0.4, 0.5) is 9.41 Å². The summed E-state index contributed by atoms with van der Waals surface area (Å²) in [6, 6.07) is 0. The minimum atomic E-state index is 0. The Hall–Kier alpha value is -0.970. The Morgan fingerprint density at radius 3 is 2.60 bits per heavy atom. The smallest absolute Gasteiger partial charge is 0.0923 e. The van der Waals surface area contributed by atoms with Crippen molar-refractivity contribution in [1.29, 1.82) is 0 Å². The first-order valence-electron chi connectivity index (χ1n) is 2.61. The van der Waals surface area contributed by atoms with Gasteiger partial charge in [0.15, 0.2) is 0 Å². The van der Waals surface area contributed by atoms with E-state index in [0.717, 1.165) is 12.1 Å². The van der Waals surface area contributed by atoms with Crippen molar-refractivity contribution in [2.45, 2.75) is 6.42 Å². The van der Waals surface area contributed by atoms with E-state index in [1.165, 1.54) is 0 Å². The highest BCUT2D eigenvalue weighted by atomic mass is 19.0. The molecule has 1 aromatic rings. The van der Waals surface area contributed by atoms with Gasteiger partial charge in [-0.3, -0.25) is 9.41 Å². The monoisotopic (exact) mass is 151 g/mol. The largest absolute Gasteiger partial charge is 0.351 e. The number of nitrogens with zero attached hydrogens (tertiary/aromatic N) is 1. The van der Waals surface area contributed by atoms with Gasteiger partial charge in [0.25, 0.3) is 0 Å². The molecule has 0 radical (unpaired) electrons. The van der Waals surface area contributed by atoms with E-state index in [2.05, 4.69) is 9.97 Å². The summed E-state index contributed by atoms with van der Waals surface area (Å²) in [5.74, 6) is 0. The Bertz CT molecular complexity index is 141. The number of rotatable bonds is 2. The number of aromatic amines is 1. The number of hydrogen-bond donors (Lipinski definition) is 2. The number of aromatic nitrogens is 2. The van der Waals surface area contributed by atoms with E-state index < -0.39 is 0 Å². The predicted octanol–water partition coefficient (Wildman–Crippen LogP) is 0.216. The Kier molecular flexibility index (Phi) is 7.25. The summed E-state index contributed by atoms with van der Waals surface area (Å²) < 4.78 is 0. The normalized spacial score (nSPS) is 7.70. The quantitative estimate of drug-likeness (QED) is 0.635. The molecule has 0 spiro atoms. The van der Waals surface area contributed by atoms with Crippen molar-refractivity contribution in [3.05, 3.63) is 18.2 Å². The Labute approximate surface area is 57.4 Å². The van der Waals surface area contributed by atoms with Crippen LogP contribution in [0.5, 0.6) is 0 Å². The van der Waals surface area contributed by atoms with Gasteiger partial charge < -0.3 is 10.7 Å². The molecule has 0 saturated carbocycles. The van der Waals surface area contributed by atoms with Crippen molar-refractivity contribution in [2.24, 2.45) is 5.73 Å². The number of nitrogens with one attached hydrogen (secondary N) is 1. The summed E-state index contributed by atoms with van der Waals surface area (Å²) in [4.78, 5) is 6.82. The molecule has 3 N–H and O–H groups in total. The first-order chi connectivity index (χ1) is 3.93. The van der Waals surface area contributed by atoms with Gasteiger partial charge in [0.1, 0.15) is 0 Å². The zero-order valence-corrected chi connectivity index (χ0v) is 5.41. The lowest BCUT2D eigenvalue weighted by Gasteiger charge is -1.85. The molecule has 0 fully saturated rings. The summed E-state index contributed by atoms with van der Waals surface area (Å²) in [7, 11) is 0. The van der Waals surface area contributed by atoms with Crippen LogP contribution in [0.3, 0.4) is 0 Å². The van der Waals surface area contributed by atoms with Gasteiger partial charge in [-0.05, 0) is 6.54 Å². The lowest BCUT2D eigenvalue weighted by Crippen LogP contribution is -2.02. The maximum atomic E-state index is 5.27. The molecule has 5 heteroatoms. The van der Waals surface area contributed by atoms with Crippen LogP contribution in [-0.2, 0) is 6.42 Å². The fourth-order valence-electron chi connectivity index (χ4n) is 0.576. The number of H-pyrrole nitrogens is 1. The van der Waals surface area contributed by atoms with Gasteiger partial charge in [-0.25, -0.2) is 4.98 Å². The molecule has 0 aliphatic heterocycles. The van der Waals surface area contributed by atoms with Crippen molar-refractivity contribution in [3.63, 3.8) is 0 Å². The van der Waals surface area contributed by atoms with Crippen LogP contribution >= 0.6 is 0 Å². The van der Waals surface area contributed by atoms with Crippen molar-refractivity contribution in [1.82, 2.24) is 9.97 Å². The highest BCUT2D eigenvalue weighted by Crippen LogP contribution is 1.88. The lowest BCUT2D eigenvalue weighted by atomic mass is 10.3. The standard InChI is InChI=1S/C5H9N3.2FH/c6-2-1-5-3-7-4-8-5;;/h3-4H,1-2,6H2,(H,7,8);2*1H. The van der Waals surface area contributed by atoms with Crippen LogP contribution in [0.15, 0.2) is 12.5 Å². The average molecular weight is 151 g/mol. The Morgan fingerprint density at radius 2 is 2.20 bits per heavy atom. The molecule has 0 aliphatic rings. The van der Waals surface area contributed by atoms with Gasteiger partial charge >= 0.3 is 0 Å². The van der Waals surface area contributed by atoms with E-state index in [1.807, 2.05) is 6.20 Å². The molecule has 60 valence electrons. The molecule has 0 aromatic carbocycles. The summed E-state index contributed by atoms with van der Waals surface area (Å²) >= 11 is 0. The third kappa shape index (κ3) is 3.13. The van der Waals surface area contributed by atoms with Crippen molar-refractivity contribution < 1.29 is 9.41 Å². The van der Waals surface area contributed by atoms with Crippen molar-refractivity contribution in [2.75, 3.05) is 6.54 Å². The Balaban J connectivity index is 0. The molecular weight excluding hydrogens is 140 g/mol. The summed E-state index contributed by atoms with van der Waals surface area (Å²) in [6.45, 7) is 0.671. The first kappa shape index (κ1) is 11.8. The number of imidazole rings is 1. The van der Waals surface area contributed by atoms with E-state index in [-0.39, 0.29) is 9.41 Å². The van der Waals surface area contributed by atoms with Gasteiger partial charge in [-0.15, -0.1) is 0 Å². The van der Waals surface area contributed by atoms with E-state index in [1.54, 1.807) is 6.33 Å². The summed E-state index contributed by atoms with van der Waals surface area (Å²) in [5.41, 5.74) is 6.30. The third-order valence-electron chi connectivity index (χ3n) is 0.955. The van der Waals surface area contributed by atoms with Crippen LogP contribution in [0, 0.1) is 0 Å². The second-order valence-electron chi connectivity index (χ2n) is 1.60. The molecule has 0 atom stereocenters. The van der Waals surface area contributed by atoms with Gasteiger partial charge in [-0.1, -0.05) is 0 Å².